The number of rotatable bonds is 5. The summed E-state index contributed by atoms with van der Waals surface area (Å²) in [6.07, 6.45) is 1.04. The molecule has 8 heteroatoms. The Morgan fingerprint density at radius 2 is 1.89 bits per heavy atom. The van der Waals surface area contributed by atoms with Crippen LogP contribution in [0.1, 0.15) is 24.0 Å². The van der Waals surface area contributed by atoms with Gasteiger partial charge in [0, 0.05) is 35.8 Å². The summed E-state index contributed by atoms with van der Waals surface area (Å²) in [4.78, 5) is 13.1. The van der Waals surface area contributed by atoms with Crippen LogP contribution in [-0.4, -0.2) is 21.0 Å². The first-order valence-corrected chi connectivity index (χ1v) is 8.90. The number of halogens is 3. The molecule has 5 nitrogen and oxygen atoms in total. The van der Waals surface area contributed by atoms with Crippen LogP contribution in [0.3, 0.4) is 0 Å². The molecular formula is C20H18F3N5. The van der Waals surface area contributed by atoms with Crippen molar-refractivity contribution < 1.29 is 13.2 Å². The average molecular weight is 385 g/mol. The molecule has 2 aromatic heterocycles. The van der Waals surface area contributed by atoms with Crippen LogP contribution in [0.15, 0.2) is 48.8 Å². The number of alkyl halides is 3. The number of anilines is 3. The van der Waals surface area contributed by atoms with Gasteiger partial charge in [0.25, 0.3) is 0 Å². The molecule has 28 heavy (non-hydrogen) atoms. The van der Waals surface area contributed by atoms with Crippen molar-refractivity contribution in [3.05, 3.63) is 59.9 Å². The maximum Gasteiger partial charge on any atom is 0.416 e. The van der Waals surface area contributed by atoms with Crippen LogP contribution in [0.25, 0.3) is 11.3 Å². The highest BCUT2D eigenvalue weighted by Crippen LogP contribution is 2.35. The van der Waals surface area contributed by atoms with E-state index in [-0.39, 0.29) is 5.56 Å². The number of hydrogen-bond donors (Lipinski definition) is 2. The van der Waals surface area contributed by atoms with Gasteiger partial charge in [0.1, 0.15) is 5.82 Å². The van der Waals surface area contributed by atoms with E-state index in [1.54, 1.807) is 30.6 Å². The number of nitrogens with zero attached hydrogens (tertiary/aromatic N) is 3. The van der Waals surface area contributed by atoms with Crippen LogP contribution < -0.4 is 10.6 Å². The van der Waals surface area contributed by atoms with Crippen LogP contribution >= 0.6 is 0 Å². The molecule has 1 aliphatic rings. The lowest BCUT2D eigenvalue weighted by atomic mass is 10.1. The van der Waals surface area contributed by atoms with Gasteiger partial charge >= 0.3 is 6.18 Å². The number of pyridine rings is 1. The average Bonchev–Trinajstić information content (AvgIpc) is 3.47. The lowest BCUT2D eigenvalue weighted by Crippen LogP contribution is -2.10. The molecule has 0 spiro atoms. The van der Waals surface area contributed by atoms with E-state index in [9.17, 15) is 13.2 Å². The van der Waals surface area contributed by atoms with E-state index < -0.39 is 11.7 Å². The normalized spacial score (nSPS) is 14.0. The SMILES string of the molecule is Cc1c(Nc2cc(-c3cccnc3)nc(NC3CC3)n2)cccc1C(F)(F)F. The van der Waals surface area contributed by atoms with Gasteiger partial charge in [-0.15, -0.1) is 0 Å². The molecule has 1 aromatic carbocycles. The molecular weight excluding hydrogens is 367 g/mol. The van der Waals surface area contributed by atoms with Crippen molar-refractivity contribution in [2.24, 2.45) is 0 Å². The summed E-state index contributed by atoms with van der Waals surface area (Å²) in [5.41, 5.74) is 1.23. The van der Waals surface area contributed by atoms with Crippen molar-refractivity contribution in [2.75, 3.05) is 10.6 Å². The van der Waals surface area contributed by atoms with Crippen LogP contribution in [0.4, 0.5) is 30.6 Å². The van der Waals surface area contributed by atoms with E-state index in [0.717, 1.165) is 24.5 Å². The lowest BCUT2D eigenvalue weighted by Gasteiger charge is -2.16. The largest absolute Gasteiger partial charge is 0.416 e. The summed E-state index contributed by atoms with van der Waals surface area (Å²) in [6.45, 7) is 1.44. The summed E-state index contributed by atoms with van der Waals surface area (Å²) >= 11 is 0. The molecule has 0 unspecified atom stereocenters. The highest BCUT2D eigenvalue weighted by molar-refractivity contribution is 5.69. The second-order valence-electron chi connectivity index (χ2n) is 6.72. The molecule has 144 valence electrons. The molecule has 0 atom stereocenters. The smallest absolute Gasteiger partial charge is 0.351 e. The quantitative estimate of drug-likeness (QED) is 0.633. The molecule has 3 aromatic rings. The third kappa shape index (κ3) is 4.05. The van der Waals surface area contributed by atoms with Gasteiger partial charge in [-0.2, -0.15) is 18.2 Å². The topological polar surface area (TPSA) is 62.7 Å². The minimum atomic E-state index is -4.41. The van der Waals surface area contributed by atoms with Crippen LogP contribution in [0.2, 0.25) is 0 Å². The summed E-state index contributed by atoms with van der Waals surface area (Å²) in [7, 11) is 0. The second kappa shape index (κ2) is 7.10. The number of hydrogen-bond acceptors (Lipinski definition) is 5. The zero-order valence-electron chi connectivity index (χ0n) is 15.1. The zero-order chi connectivity index (χ0) is 19.7. The van der Waals surface area contributed by atoms with Crippen LogP contribution in [0, 0.1) is 6.92 Å². The highest BCUT2D eigenvalue weighted by Gasteiger charge is 2.33. The molecule has 0 saturated heterocycles. The molecule has 0 bridgehead atoms. The Bertz CT molecular complexity index is 985. The van der Waals surface area contributed by atoms with Crippen molar-refractivity contribution in [1.82, 2.24) is 15.0 Å². The van der Waals surface area contributed by atoms with Gasteiger partial charge in [-0.1, -0.05) is 6.07 Å². The van der Waals surface area contributed by atoms with E-state index in [0.29, 0.717) is 29.2 Å². The molecule has 2 N–H and O–H groups in total. The molecule has 0 radical (unpaired) electrons. The Morgan fingerprint density at radius 3 is 2.57 bits per heavy atom. The minimum Gasteiger partial charge on any atom is -0.351 e. The van der Waals surface area contributed by atoms with E-state index in [4.69, 9.17) is 0 Å². The molecule has 0 amide bonds. The third-order valence-corrected chi connectivity index (χ3v) is 4.50. The minimum absolute atomic E-state index is 0.119. The highest BCUT2D eigenvalue weighted by atomic mass is 19.4. The number of nitrogens with one attached hydrogen (secondary N) is 2. The standard InChI is InChI=1S/C20H18F3N5/c1-12-15(20(21,22)23)5-2-6-16(12)26-18-10-17(13-4-3-9-24-11-13)27-19(28-18)25-14-7-8-14/h2-6,9-11,14H,7-8H2,1H3,(H2,25,26,27,28). The van der Waals surface area contributed by atoms with Gasteiger partial charge < -0.3 is 10.6 Å². The predicted octanol–water partition coefficient (Wildman–Crippen LogP) is 5.18. The fraction of sp³-hybridized carbons (Fsp3) is 0.250. The fourth-order valence-corrected chi connectivity index (χ4v) is 2.86. The summed E-state index contributed by atoms with van der Waals surface area (Å²) in [5.74, 6) is 0.857. The molecule has 1 fully saturated rings. The Kier molecular flexibility index (Phi) is 4.62. The van der Waals surface area contributed by atoms with Gasteiger partial charge in [-0.3, -0.25) is 4.98 Å². The van der Waals surface area contributed by atoms with Gasteiger partial charge in [0.15, 0.2) is 0 Å². The summed E-state index contributed by atoms with van der Waals surface area (Å²) < 4.78 is 39.6. The summed E-state index contributed by atoms with van der Waals surface area (Å²) in [6, 6.07) is 9.77. The number of benzene rings is 1. The first-order chi connectivity index (χ1) is 13.4. The second-order valence-corrected chi connectivity index (χ2v) is 6.72. The maximum absolute atomic E-state index is 13.2. The summed E-state index contributed by atoms with van der Waals surface area (Å²) in [5, 5.41) is 6.26. The van der Waals surface area contributed by atoms with Gasteiger partial charge in [-0.25, -0.2) is 4.98 Å². The maximum atomic E-state index is 13.2. The number of aromatic nitrogens is 3. The van der Waals surface area contributed by atoms with E-state index in [1.807, 2.05) is 6.07 Å². The zero-order valence-corrected chi connectivity index (χ0v) is 15.1. The van der Waals surface area contributed by atoms with E-state index in [1.165, 1.54) is 13.0 Å². The molecule has 4 rings (SSSR count). The van der Waals surface area contributed by atoms with Crippen molar-refractivity contribution in [2.45, 2.75) is 32.0 Å². The Morgan fingerprint density at radius 1 is 1.07 bits per heavy atom. The lowest BCUT2D eigenvalue weighted by molar-refractivity contribution is -0.138. The first-order valence-electron chi connectivity index (χ1n) is 8.90. The molecule has 1 saturated carbocycles. The van der Waals surface area contributed by atoms with E-state index >= 15 is 0 Å². The third-order valence-electron chi connectivity index (χ3n) is 4.50. The molecule has 0 aliphatic heterocycles. The molecule has 2 heterocycles. The van der Waals surface area contributed by atoms with Crippen molar-refractivity contribution in [3.63, 3.8) is 0 Å². The molecule has 1 aliphatic carbocycles. The van der Waals surface area contributed by atoms with Crippen molar-refractivity contribution in [3.8, 4) is 11.3 Å². The fourth-order valence-electron chi connectivity index (χ4n) is 2.86. The predicted molar refractivity (Wildman–Crippen MR) is 101 cm³/mol. The Hall–Kier alpha value is -3.16. The van der Waals surface area contributed by atoms with Crippen molar-refractivity contribution >= 4 is 17.5 Å². The Balaban J connectivity index is 1.71. The van der Waals surface area contributed by atoms with E-state index in [2.05, 4.69) is 25.6 Å². The van der Waals surface area contributed by atoms with Crippen molar-refractivity contribution in [1.29, 1.82) is 0 Å². The first kappa shape index (κ1) is 18.2. The Labute approximate surface area is 160 Å². The van der Waals surface area contributed by atoms with Crippen LogP contribution in [0.5, 0.6) is 0 Å². The van der Waals surface area contributed by atoms with Gasteiger partial charge in [0.05, 0.1) is 11.3 Å². The van der Waals surface area contributed by atoms with Gasteiger partial charge in [0.2, 0.25) is 5.95 Å². The van der Waals surface area contributed by atoms with Crippen LogP contribution in [-0.2, 0) is 6.18 Å². The monoisotopic (exact) mass is 385 g/mol. The van der Waals surface area contributed by atoms with Gasteiger partial charge in [-0.05, 0) is 49.6 Å².